The minimum Gasteiger partial charge on any atom is -0.119 e. The van der Waals surface area contributed by atoms with E-state index in [-0.39, 0.29) is 0 Å². The molecule has 0 saturated carbocycles. The third kappa shape index (κ3) is 4.82. The summed E-state index contributed by atoms with van der Waals surface area (Å²) in [5, 5.41) is 0. The molecular formula is C16H20. The normalized spacial score (nSPS) is 9.38. The molecule has 0 N–H and O–H groups in total. The molecule has 16 heavy (non-hydrogen) atoms. The van der Waals surface area contributed by atoms with Crippen LogP contribution in [0.15, 0.2) is 59.9 Å². The Morgan fingerprint density at radius 3 is 2.50 bits per heavy atom. The van der Waals surface area contributed by atoms with Crippen LogP contribution in [0.1, 0.15) is 32.3 Å². The van der Waals surface area contributed by atoms with E-state index in [1.807, 2.05) is 6.08 Å². The van der Waals surface area contributed by atoms with Crippen LogP contribution in [-0.4, -0.2) is 0 Å². The van der Waals surface area contributed by atoms with Crippen LogP contribution in [0.3, 0.4) is 0 Å². The first-order valence-corrected chi connectivity index (χ1v) is 5.81. The molecule has 0 spiro atoms. The topological polar surface area (TPSA) is 0 Å². The summed E-state index contributed by atoms with van der Waals surface area (Å²) in [7, 11) is 0. The van der Waals surface area contributed by atoms with Gasteiger partial charge in [0.1, 0.15) is 0 Å². The largest absolute Gasteiger partial charge is 0.119 e. The molecule has 0 fully saturated rings. The molecule has 84 valence electrons. The van der Waals surface area contributed by atoms with Crippen molar-refractivity contribution in [1.82, 2.24) is 0 Å². The van der Waals surface area contributed by atoms with E-state index in [2.05, 4.69) is 56.5 Å². The van der Waals surface area contributed by atoms with Gasteiger partial charge in [0.2, 0.25) is 0 Å². The minimum absolute atomic E-state index is 1.06. The lowest BCUT2D eigenvalue weighted by molar-refractivity contribution is 0.824. The van der Waals surface area contributed by atoms with Crippen molar-refractivity contribution in [3.63, 3.8) is 0 Å². The Balaban J connectivity index is 2.47. The van der Waals surface area contributed by atoms with Gasteiger partial charge in [-0.1, -0.05) is 43.0 Å². The number of hydrogen-bond donors (Lipinski definition) is 0. The highest BCUT2D eigenvalue weighted by molar-refractivity contribution is 5.19. The van der Waals surface area contributed by atoms with E-state index in [0.29, 0.717) is 0 Å². The summed E-state index contributed by atoms with van der Waals surface area (Å²) < 4.78 is 0. The van der Waals surface area contributed by atoms with E-state index >= 15 is 0 Å². The van der Waals surface area contributed by atoms with Crippen molar-refractivity contribution in [3.8, 4) is 0 Å². The third-order valence-corrected chi connectivity index (χ3v) is 2.41. The summed E-state index contributed by atoms with van der Waals surface area (Å²) in [5.74, 6) is 0. The van der Waals surface area contributed by atoms with Crippen molar-refractivity contribution >= 4 is 0 Å². The molecule has 0 unspecified atom stereocenters. The SMILES string of the molecule is C=CC(=C=C(C)C)CCCc1ccccc1. The van der Waals surface area contributed by atoms with Gasteiger partial charge in [0, 0.05) is 0 Å². The van der Waals surface area contributed by atoms with E-state index in [1.54, 1.807) is 0 Å². The van der Waals surface area contributed by atoms with Gasteiger partial charge in [0.25, 0.3) is 0 Å². The number of hydrogen-bond acceptors (Lipinski definition) is 0. The van der Waals surface area contributed by atoms with Crippen LogP contribution < -0.4 is 0 Å². The molecule has 0 radical (unpaired) electrons. The van der Waals surface area contributed by atoms with Gasteiger partial charge in [-0.2, -0.15) is 0 Å². The Bertz CT molecular complexity index is 385. The van der Waals surface area contributed by atoms with Gasteiger partial charge in [0.05, 0.1) is 0 Å². The lowest BCUT2D eigenvalue weighted by Gasteiger charge is -2.01. The zero-order valence-corrected chi connectivity index (χ0v) is 10.3. The van der Waals surface area contributed by atoms with Crippen LogP contribution in [0, 0.1) is 0 Å². The van der Waals surface area contributed by atoms with Gasteiger partial charge in [-0.25, -0.2) is 0 Å². The lowest BCUT2D eigenvalue weighted by Crippen LogP contribution is -1.86. The maximum Gasteiger partial charge on any atom is -0.00668 e. The highest BCUT2D eigenvalue weighted by atomic mass is 14.0. The van der Waals surface area contributed by atoms with E-state index < -0.39 is 0 Å². The average Bonchev–Trinajstić information content (AvgIpc) is 2.28. The molecule has 0 bridgehead atoms. The smallest absolute Gasteiger partial charge is 0.00668 e. The van der Waals surface area contributed by atoms with Crippen molar-refractivity contribution in [2.24, 2.45) is 0 Å². The summed E-state index contributed by atoms with van der Waals surface area (Å²) in [6.07, 6.45) is 5.26. The molecule has 0 heteroatoms. The quantitative estimate of drug-likeness (QED) is 0.491. The second-order valence-electron chi connectivity index (χ2n) is 4.19. The lowest BCUT2D eigenvalue weighted by atomic mass is 10.0. The van der Waals surface area contributed by atoms with Crippen LogP contribution in [0.25, 0.3) is 0 Å². The van der Waals surface area contributed by atoms with Gasteiger partial charge in [0.15, 0.2) is 0 Å². The van der Waals surface area contributed by atoms with Gasteiger partial charge in [-0.05, 0) is 49.8 Å². The van der Waals surface area contributed by atoms with Crippen molar-refractivity contribution < 1.29 is 0 Å². The second kappa shape index (κ2) is 6.87. The Kier molecular flexibility index (Phi) is 5.39. The van der Waals surface area contributed by atoms with Crippen molar-refractivity contribution in [2.75, 3.05) is 0 Å². The molecule has 0 atom stereocenters. The molecule has 0 amide bonds. The molecule has 0 saturated heterocycles. The first-order chi connectivity index (χ1) is 7.72. The zero-order chi connectivity index (χ0) is 11.8. The van der Waals surface area contributed by atoms with Crippen LogP contribution in [0.2, 0.25) is 0 Å². The van der Waals surface area contributed by atoms with Crippen LogP contribution in [0.4, 0.5) is 0 Å². The number of rotatable bonds is 5. The fourth-order valence-electron chi connectivity index (χ4n) is 1.66. The van der Waals surface area contributed by atoms with E-state index in [4.69, 9.17) is 0 Å². The van der Waals surface area contributed by atoms with E-state index in [1.165, 1.54) is 16.7 Å². The van der Waals surface area contributed by atoms with Gasteiger partial charge >= 0.3 is 0 Å². The summed E-state index contributed by atoms with van der Waals surface area (Å²) >= 11 is 0. The Hall–Kier alpha value is -1.52. The molecule has 1 aromatic rings. The molecule has 0 aromatic heterocycles. The minimum atomic E-state index is 1.06. The summed E-state index contributed by atoms with van der Waals surface area (Å²) in [6, 6.07) is 10.6. The molecule has 0 heterocycles. The van der Waals surface area contributed by atoms with Gasteiger partial charge < -0.3 is 0 Å². The predicted octanol–water partition coefficient (Wildman–Crippen LogP) is 4.69. The number of benzene rings is 1. The zero-order valence-electron chi connectivity index (χ0n) is 10.3. The monoisotopic (exact) mass is 212 g/mol. The molecule has 0 aliphatic heterocycles. The average molecular weight is 212 g/mol. The Morgan fingerprint density at radius 2 is 1.94 bits per heavy atom. The maximum atomic E-state index is 3.83. The molecule has 0 aliphatic rings. The summed E-state index contributed by atoms with van der Waals surface area (Å²) in [4.78, 5) is 0. The third-order valence-electron chi connectivity index (χ3n) is 2.41. The number of aryl methyl sites for hydroxylation is 1. The molecular weight excluding hydrogens is 192 g/mol. The molecule has 0 aliphatic carbocycles. The van der Waals surface area contributed by atoms with Crippen LogP contribution >= 0.6 is 0 Å². The molecule has 1 aromatic carbocycles. The highest BCUT2D eigenvalue weighted by Gasteiger charge is 1.94. The maximum absolute atomic E-state index is 3.83. The second-order valence-corrected chi connectivity index (χ2v) is 4.19. The van der Waals surface area contributed by atoms with Crippen molar-refractivity contribution in [2.45, 2.75) is 33.1 Å². The predicted molar refractivity (Wildman–Crippen MR) is 71.5 cm³/mol. The molecule has 0 nitrogen and oxygen atoms in total. The fraction of sp³-hybridized carbons (Fsp3) is 0.312. The van der Waals surface area contributed by atoms with Crippen LogP contribution in [-0.2, 0) is 6.42 Å². The van der Waals surface area contributed by atoms with Gasteiger partial charge in [-0.3, -0.25) is 0 Å². The summed E-state index contributed by atoms with van der Waals surface area (Å²) in [6.45, 7) is 7.97. The Morgan fingerprint density at radius 1 is 1.25 bits per heavy atom. The standard InChI is InChI=1S/C16H20/c1-4-15(13-14(2)3)11-8-12-16-9-6-5-7-10-16/h4-7,9-10H,1,8,11-12H2,2-3H3. The fourth-order valence-corrected chi connectivity index (χ4v) is 1.66. The number of allylic oxidation sites excluding steroid dienone is 2. The van der Waals surface area contributed by atoms with E-state index in [0.717, 1.165) is 19.3 Å². The van der Waals surface area contributed by atoms with E-state index in [9.17, 15) is 0 Å². The first kappa shape index (κ1) is 12.5. The highest BCUT2D eigenvalue weighted by Crippen LogP contribution is 2.10. The van der Waals surface area contributed by atoms with Crippen molar-refractivity contribution in [3.05, 3.63) is 65.4 Å². The van der Waals surface area contributed by atoms with Crippen LogP contribution in [0.5, 0.6) is 0 Å². The summed E-state index contributed by atoms with van der Waals surface area (Å²) in [5.41, 5.74) is 7.17. The molecule has 1 rings (SSSR count). The van der Waals surface area contributed by atoms with Crippen molar-refractivity contribution in [1.29, 1.82) is 0 Å². The first-order valence-electron chi connectivity index (χ1n) is 5.81. The van der Waals surface area contributed by atoms with Gasteiger partial charge in [-0.15, -0.1) is 5.73 Å². The Labute approximate surface area is 99.0 Å².